The van der Waals surface area contributed by atoms with Gasteiger partial charge in [0.2, 0.25) is 0 Å². The maximum Gasteiger partial charge on any atom is 0.322 e. The first-order chi connectivity index (χ1) is 6.96. The van der Waals surface area contributed by atoms with Crippen LogP contribution in [0.2, 0.25) is 0 Å². The molecule has 4 nitrogen and oxygen atoms in total. The lowest BCUT2D eigenvalue weighted by Gasteiger charge is -2.27. The lowest BCUT2D eigenvalue weighted by Crippen LogP contribution is -2.46. The molecule has 1 heterocycles. The lowest BCUT2D eigenvalue weighted by atomic mass is 9.85. The number of hydrogen-bond acceptors (Lipinski definition) is 3. The summed E-state index contributed by atoms with van der Waals surface area (Å²) in [6, 6.07) is -0.501. The second-order valence-electron chi connectivity index (χ2n) is 5.14. The highest BCUT2D eigenvalue weighted by atomic mass is 16.4. The minimum atomic E-state index is -0.794. The number of rotatable bonds is 3. The van der Waals surface area contributed by atoms with Crippen molar-refractivity contribution in [2.45, 2.75) is 39.2 Å². The molecule has 1 aliphatic heterocycles. The second-order valence-corrected chi connectivity index (χ2v) is 5.14. The van der Waals surface area contributed by atoms with E-state index in [9.17, 15) is 4.79 Å². The van der Waals surface area contributed by atoms with Crippen LogP contribution in [-0.2, 0) is 4.79 Å². The number of nitrogens with zero attached hydrogens (tertiary/aromatic N) is 1. The zero-order valence-corrected chi connectivity index (χ0v) is 9.70. The summed E-state index contributed by atoms with van der Waals surface area (Å²) in [7, 11) is 0. The molecule has 88 valence electrons. The van der Waals surface area contributed by atoms with Gasteiger partial charge >= 0.3 is 5.97 Å². The van der Waals surface area contributed by atoms with E-state index in [1.54, 1.807) is 0 Å². The average Bonchev–Trinajstić information content (AvgIpc) is 2.28. The minimum Gasteiger partial charge on any atom is -0.480 e. The predicted octanol–water partition coefficient (Wildman–Crippen LogP) is 0.910. The second kappa shape index (κ2) is 4.94. The fraction of sp³-hybridized carbons (Fsp3) is 0.909. The number of hydrogen-bond donors (Lipinski definition) is 2. The van der Waals surface area contributed by atoms with E-state index in [0.29, 0.717) is 5.41 Å². The van der Waals surface area contributed by atoms with Crippen molar-refractivity contribution >= 4 is 5.97 Å². The van der Waals surface area contributed by atoms with Crippen molar-refractivity contribution in [3.05, 3.63) is 0 Å². The Morgan fingerprint density at radius 3 is 2.67 bits per heavy atom. The molecule has 0 aromatic carbocycles. The minimum absolute atomic E-state index is 0.204. The summed E-state index contributed by atoms with van der Waals surface area (Å²) in [5.74, 6) is -0.794. The number of carboxylic acids is 1. The first kappa shape index (κ1) is 12.5. The van der Waals surface area contributed by atoms with Crippen LogP contribution < -0.4 is 5.73 Å². The van der Waals surface area contributed by atoms with Crippen LogP contribution in [0, 0.1) is 5.41 Å². The summed E-state index contributed by atoms with van der Waals surface area (Å²) in [4.78, 5) is 13.0. The lowest BCUT2D eigenvalue weighted by molar-refractivity contribution is -0.142. The van der Waals surface area contributed by atoms with Gasteiger partial charge in [0, 0.05) is 6.54 Å². The number of likely N-dealkylation sites (tertiary alicyclic amines) is 1. The Hall–Kier alpha value is -0.610. The van der Waals surface area contributed by atoms with E-state index in [1.165, 1.54) is 6.42 Å². The summed E-state index contributed by atoms with van der Waals surface area (Å²) < 4.78 is 0. The largest absolute Gasteiger partial charge is 0.480 e. The van der Waals surface area contributed by atoms with Crippen LogP contribution in [0.4, 0.5) is 0 Å². The molecule has 0 saturated carbocycles. The molecule has 1 fully saturated rings. The molecule has 0 aromatic heterocycles. The van der Waals surface area contributed by atoms with Crippen LogP contribution in [0.3, 0.4) is 0 Å². The van der Waals surface area contributed by atoms with Crippen LogP contribution in [0.15, 0.2) is 0 Å². The molecule has 0 bridgehead atoms. The third-order valence-corrected chi connectivity index (χ3v) is 3.32. The highest BCUT2D eigenvalue weighted by Crippen LogP contribution is 2.30. The van der Waals surface area contributed by atoms with Gasteiger partial charge in [-0.05, 0) is 37.8 Å². The van der Waals surface area contributed by atoms with Gasteiger partial charge in [0.15, 0.2) is 0 Å². The van der Waals surface area contributed by atoms with Gasteiger partial charge in [-0.2, -0.15) is 0 Å². The van der Waals surface area contributed by atoms with Gasteiger partial charge in [-0.25, -0.2) is 0 Å². The Balaban J connectivity index is 2.60. The molecule has 1 rings (SSSR count). The summed E-state index contributed by atoms with van der Waals surface area (Å²) in [6.07, 6.45) is 3.29. The third kappa shape index (κ3) is 3.47. The standard InChI is InChI=1S/C11H22N2O2/c1-11(2)4-3-6-13(7-5-11)9(8-12)10(14)15/h9H,3-8,12H2,1-2H3,(H,14,15). The van der Waals surface area contributed by atoms with E-state index in [1.807, 2.05) is 4.90 Å². The Bertz CT molecular complexity index is 229. The third-order valence-electron chi connectivity index (χ3n) is 3.32. The van der Waals surface area contributed by atoms with Crippen LogP contribution in [0.5, 0.6) is 0 Å². The van der Waals surface area contributed by atoms with Gasteiger partial charge in [0.05, 0.1) is 0 Å². The van der Waals surface area contributed by atoms with Crippen molar-refractivity contribution < 1.29 is 9.90 Å². The first-order valence-electron chi connectivity index (χ1n) is 5.63. The van der Waals surface area contributed by atoms with Gasteiger partial charge in [0.25, 0.3) is 0 Å². The summed E-state index contributed by atoms with van der Waals surface area (Å²) in [5.41, 5.74) is 5.84. The zero-order valence-electron chi connectivity index (χ0n) is 9.70. The van der Waals surface area contributed by atoms with Gasteiger partial charge in [0.1, 0.15) is 6.04 Å². The molecule has 0 amide bonds. The van der Waals surface area contributed by atoms with Crippen LogP contribution in [-0.4, -0.2) is 41.7 Å². The highest BCUT2D eigenvalue weighted by Gasteiger charge is 2.29. The molecule has 0 aliphatic carbocycles. The average molecular weight is 214 g/mol. The molecule has 1 saturated heterocycles. The fourth-order valence-electron chi connectivity index (χ4n) is 2.16. The molecule has 0 aromatic rings. The normalized spacial score (nSPS) is 24.5. The summed E-state index contributed by atoms with van der Waals surface area (Å²) in [5, 5.41) is 9.03. The smallest absolute Gasteiger partial charge is 0.322 e. The number of nitrogens with two attached hydrogens (primary N) is 1. The highest BCUT2D eigenvalue weighted by molar-refractivity contribution is 5.73. The zero-order chi connectivity index (χ0) is 11.5. The maximum absolute atomic E-state index is 11.0. The first-order valence-corrected chi connectivity index (χ1v) is 5.63. The molecule has 4 heteroatoms. The molecule has 15 heavy (non-hydrogen) atoms. The van der Waals surface area contributed by atoms with Gasteiger partial charge in [-0.3, -0.25) is 9.69 Å². The van der Waals surface area contributed by atoms with Crippen LogP contribution in [0.25, 0.3) is 0 Å². The summed E-state index contributed by atoms with van der Waals surface area (Å²) >= 11 is 0. The van der Waals surface area contributed by atoms with Gasteiger partial charge in [-0.15, -0.1) is 0 Å². The van der Waals surface area contributed by atoms with Crippen molar-refractivity contribution in [1.29, 1.82) is 0 Å². The fourth-order valence-corrected chi connectivity index (χ4v) is 2.16. The number of carbonyl (C=O) groups is 1. The molecule has 1 unspecified atom stereocenters. The monoisotopic (exact) mass is 214 g/mol. The maximum atomic E-state index is 11.0. The van der Waals surface area contributed by atoms with E-state index in [4.69, 9.17) is 10.8 Å². The Labute approximate surface area is 91.4 Å². The van der Waals surface area contributed by atoms with Gasteiger partial charge < -0.3 is 10.8 Å². The van der Waals surface area contributed by atoms with Crippen LogP contribution in [0.1, 0.15) is 33.1 Å². The van der Waals surface area contributed by atoms with Crippen molar-refractivity contribution in [3.63, 3.8) is 0 Å². The summed E-state index contributed by atoms with van der Waals surface area (Å²) in [6.45, 7) is 6.40. The quantitative estimate of drug-likeness (QED) is 0.733. The van der Waals surface area contributed by atoms with E-state index >= 15 is 0 Å². The van der Waals surface area contributed by atoms with Crippen molar-refractivity contribution in [3.8, 4) is 0 Å². The van der Waals surface area contributed by atoms with Crippen molar-refractivity contribution in [1.82, 2.24) is 4.90 Å². The molecular formula is C11H22N2O2. The number of aliphatic carboxylic acids is 1. The van der Waals surface area contributed by atoms with E-state index in [2.05, 4.69) is 13.8 Å². The van der Waals surface area contributed by atoms with E-state index in [-0.39, 0.29) is 6.54 Å². The van der Waals surface area contributed by atoms with Crippen molar-refractivity contribution in [2.24, 2.45) is 11.1 Å². The molecule has 1 aliphatic rings. The Morgan fingerprint density at radius 1 is 1.47 bits per heavy atom. The molecule has 3 N–H and O–H groups in total. The Kier molecular flexibility index (Phi) is 4.11. The topological polar surface area (TPSA) is 66.6 Å². The van der Waals surface area contributed by atoms with Crippen LogP contribution >= 0.6 is 0 Å². The van der Waals surface area contributed by atoms with E-state index < -0.39 is 12.0 Å². The predicted molar refractivity (Wildman–Crippen MR) is 59.7 cm³/mol. The number of carboxylic acid groups (broad SMARTS) is 1. The molecule has 0 spiro atoms. The molecular weight excluding hydrogens is 192 g/mol. The Morgan fingerprint density at radius 2 is 2.13 bits per heavy atom. The molecule has 0 radical (unpaired) electrons. The van der Waals surface area contributed by atoms with Gasteiger partial charge in [-0.1, -0.05) is 13.8 Å². The molecule has 1 atom stereocenters. The SMILES string of the molecule is CC1(C)CCCN(C(CN)C(=O)O)CC1. The van der Waals surface area contributed by atoms with E-state index in [0.717, 1.165) is 25.9 Å². The van der Waals surface area contributed by atoms with Crippen molar-refractivity contribution in [2.75, 3.05) is 19.6 Å².